The number of phenols is 1. The van der Waals surface area contributed by atoms with Crippen molar-refractivity contribution in [3.05, 3.63) is 29.3 Å². The predicted octanol–water partition coefficient (Wildman–Crippen LogP) is 1.19. The predicted molar refractivity (Wildman–Crippen MR) is 60.0 cm³/mol. The fourth-order valence-corrected chi connectivity index (χ4v) is 1.40. The van der Waals surface area contributed by atoms with Crippen LogP contribution in [-0.2, 0) is 0 Å². The molecule has 0 unspecified atom stereocenters. The molecular weight excluding hydrogens is 218 g/mol. The van der Waals surface area contributed by atoms with Crippen LogP contribution in [0.1, 0.15) is 15.9 Å². The Kier molecular flexibility index (Phi) is 4.08. The van der Waals surface area contributed by atoms with Crippen LogP contribution >= 0.6 is 0 Å². The van der Waals surface area contributed by atoms with Crippen molar-refractivity contribution in [1.82, 2.24) is 4.90 Å². The van der Waals surface area contributed by atoms with Gasteiger partial charge in [-0.05, 0) is 19.1 Å². The average Bonchev–Trinajstić information content (AvgIpc) is 2.31. The van der Waals surface area contributed by atoms with Gasteiger partial charge in [0, 0.05) is 11.1 Å². The smallest absolute Gasteiger partial charge is 0.255 e. The lowest BCUT2D eigenvalue weighted by atomic mass is 10.1. The van der Waals surface area contributed by atoms with Crippen molar-refractivity contribution in [3.63, 3.8) is 0 Å². The normalized spacial score (nSPS) is 9.12. The van der Waals surface area contributed by atoms with Crippen LogP contribution < -0.4 is 0 Å². The molecule has 0 aliphatic rings. The zero-order valence-electron chi connectivity index (χ0n) is 9.34. The Morgan fingerprint density at radius 2 is 1.94 bits per heavy atom. The number of carbonyl (C=O) groups excluding carboxylic acids is 1. The molecule has 0 fully saturated rings. The lowest BCUT2D eigenvalue weighted by Gasteiger charge is -2.17. The maximum Gasteiger partial charge on any atom is 0.255 e. The molecule has 17 heavy (non-hydrogen) atoms. The molecule has 0 saturated heterocycles. The number of aromatic hydroxyl groups is 1. The minimum atomic E-state index is -0.429. The molecule has 0 heterocycles. The highest BCUT2D eigenvalue weighted by atomic mass is 16.3. The first-order valence-electron chi connectivity index (χ1n) is 4.93. The number of nitriles is 2. The van der Waals surface area contributed by atoms with E-state index in [9.17, 15) is 9.90 Å². The monoisotopic (exact) mass is 229 g/mol. The summed E-state index contributed by atoms with van der Waals surface area (Å²) < 4.78 is 0. The van der Waals surface area contributed by atoms with Gasteiger partial charge in [-0.15, -0.1) is 0 Å². The van der Waals surface area contributed by atoms with Crippen molar-refractivity contribution >= 4 is 5.91 Å². The number of carbonyl (C=O) groups is 1. The van der Waals surface area contributed by atoms with E-state index in [0.717, 1.165) is 4.90 Å². The topological polar surface area (TPSA) is 88.1 Å². The summed E-state index contributed by atoms with van der Waals surface area (Å²) in [6, 6.07) is 8.24. The van der Waals surface area contributed by atoms with E-state index in [1.807, 2.05) is 12.1 Å². The second kappa shape index (κ2) is 5.53. The molecule has 86 valence electrons. The number of amides is 1. The van der Waals surface area contributed by atoms with Gasteiger partial charge in [-0.25, -0.2) is 0 Å². The molecular formula is C12H11N3O2. The van der Waals surface area contributed by atoms with Gasteiger partial charge in [0.05, 0.1) is 12.1 Å². The number of rotatable bonds is 3. The molecule has 0 bridgehead atoms. The van der Waals surface area contributed by atoms with Crippen molar-refractivity contribution in [3.8, 4) is 17.9 Å². The van der Waals surface area contributed by atoms with Crippen LogP contribution in [0.3, 0.4) is 0 Å². The van der Waals surface area contributed by atoms with E-state index in [4.69, 9.17) is 10.5 Å². The second-order valence-electron chi connectivity index (χ2n) is 3.43. The molecule has 5 nitrogen and oxygen atoms in total. The van der Waals surface area contributed by atoms with Crippen LogP contribution in [0.5, 0.6) is 5.75 Å². The third-order valence-electron chi connectivity index (χ3n) is 2.35. The van der Waals surface area contributed by atoms with Crippen LogP contribution in [0.15, 0.2) is 18.2 Å². The fourth-order valence-electron chi connectivity index (χ4n) is 1.40. The van der Waals surface area contributed by atoms with Gasteiger partial charge in [0.15, 0.2) is 0 Å². The lowest BCUT2D eigenvalue weighted by molar-refractivity contribution is 0.0793. The highest BCUT2D eigenvalue weighted by molar-refractivity contribution is 5.96. The number of hydrogen-bond donors (Lipinski definition) is 1. The third-order valence-corrected chi connectivity index (χ3v) is 2.35. The van der Waals surface area contributed by atoms with Gasteiger partial charge < -0.3 is 10.0 Å². The summed E-state index contributed by atoms with van der Waals surface area (Å²) in [5.74, 6) is -0.411. The summed E-state index contributed by atoms with van der Waals surface area (Å²) in [7, 11) is 0. The lowest BCUT2D eigenvalue weighted by Crippen LogP contribution is -2.32. The van der Waals surface area contributed by atoms with Crippen molar-refractivity contribution < 1.29 is 9.90 Å². The van der Waals surface area contributed by atoms with E-state index in [2.05, 4.69) is 0 Å². The van der Waals surface area contributed by atoms with Crippen molar-refractivity contribution in [2.24, 2.45) is 0 Å². The first kappa shape index (κ1) is 12.5. The van der Waals surface area contributed by atoms with Crippen LogP contribution in [0.2, 0.25) is 0 Å². The largest absolute Gasteiger partial charge is 0.508 e. The van der Waals surface area contributed by atoms with Crippen molar-refractivity contribution in [2.45, 2.75) is 6.92 Å². The van der Waals surface area contributed by atoms with Crippen LogP contribution in [0, 0.1) is 29.6 Å². The van der Waals surface area contributed by atoms with Gasteiger partial charge in [-0.2, -0.15) is 10.5 Å². The molecule has 0 aliphatic heterocycles. The number of hydrogen-bond acceptors (Lipinski definition) is 4. The molecule has 0 atom stereocenters. The molecule has 0 radical (unpaired) electrons. The Morgan fingerprint density at radius 3 is 2.47 bits per heavy atom. The van der Waals surface area contributed by atoms with Gasteiger partial charge in [-0.3, -0.25) is 4.79 Å². The molecule has 1 aromatic carbocycles. The standard InChI is InChI=1S/C12H11N3O2/c1-9-10(3-2-4-11(9)16)12(17)15(7-5-13)8-6-14/h2-4,16H,7-8H2,1H3. The second-order valence-corrected chi connectivity index (χ2v) is 3.43. The summed E-state index contributed by atoms with van der Waals surface area (Å²) in [6.07, 6.45) is 0. The number of phenolic OH excluding ortho intramolecular Hbond substituents is 1. The van der Waals surface area contributed by atoms with Gasteiger partial charge in [0.2, 0.25) is 0 Å². The maximum absolute atomic E-state index is 12.0. The van der Waals surface area contributed by atoms with E-state index in [-0.39, 0.29) is 18.8 Å². The van der Waals surface area contributed by atoms with Crippen LogP contribution in [-0.4, -0.2) is 29.0 Å². The quantitative estimate of drug-likeness (QED) is 0.788. The van der Waals surface area contributed by atoms with Gasteiger partial charge >= 0.3 is 0 Å². The SMILES string of the molecule is Cc1c(O)cccc1C(=O)N(CC#N)CC#N. The first-order valence-corrected chi connectivity index (χ1v) is 4.93. The summed E-state index contributed by atoms with van der Waals surface area (Å²) in [4.78, 5) is 13.1. The van der Waals surface area contributed by atoms with Crippen LogP contribution in [0.4, 0.5) is 0 Å². The molecule has 0 saturated carbocycles. The molecule has 5 heteroatoms. The van der Waals surface area contributed by atoms with E-state index >= 15 is 0 Å². The number of benzene rings is 1. The van der Waals surface area contributed by atoms with Gasteiger partial charge in [-0.1, -0.05) is 6.07 Å². The highest BCUT2D eigenvalue weighted by Gasteiger charge is 2.18. The number of nitrogens with zero attached hydrogens (tertiary/aromatic N) is 3. The Bertz CT molecular complexity index is 495. The molecule has 1 aromatic rings. The molecule has 1 amide bonds. The fraction of sp³-hybridized carbons (Fsp3) is 0.250. The van der Waals surface area contributed by atoms with Crippen molar-refractivity contribution in [2.75, 3.05) is 13.1 Å². The zero-order valence-corrected chi connectivity index (χ0v) is 9.34. The van der Waals surface area contributed by atoms with Crippen LogP contribution in [0.25, 0.3) is 0 Å². The molecule has 0 aromatic heterocycles. The summed E-state index contributed by atoms with van der Waals surface area (Å²) in [5, 5.41) is 26.7. The first-order chi connectivity index (χ1) is 8.11. The Morgan fingerprint density at radius 1 is 1.35 bits per heavy atom. The van der Waals surface area contributed by atoms with Gasteiger partial charge in [0.1, 0.15) is 18.8 Å². The minimum absolute atomic E-state index is 0.0183. The van der Waals surface area contributed by atoms with E-state index in [1.165, 1.54) is 6.07 Å². The third kappa shape index (κ3) is 2.73. The molecule has 0 spiro atoms. The minimum Gasteiger partial charge on any atom is -0.508 e. The molecule has 1 N–H and O–H groups in total. The molecule has 1 rings (SSSR count). The highest BCUT2D eigenvalue weighted by Crippen LogP contribution is 2.20. The Balaban J connectivity index is 3.07. The zero-order chi connectivity index (χ0) is 12.8. The Labute approximate surface area is 99.1 Å². The summed E-state index contributed by atoms with van der Waals surface area (Å²) >= 11 is 0. The van der Waals surface area contributed by atoms with E-state index in [0.29, 0.717) is 11.1 Å². The Hall–Kier alpha value is -2.53. The average molecular weight is 229 g/mol. The summed E-state index contributed by atoms with van der Waals surface area (Å²) in [5.41, 5.74) is 0.744. The molecule has 0 aliphatic carbocycles. The van der Waals surface area contributed by atoms with E-state index in [1.54, 1.807) is 19.1 Å². The maximum atomic E-state index is 12.0. The van der Waals surface area contributed by atoms with Crippen molar-refractivity contribution in [1.29, 1.82) is 10.5 Å². The van der Waals surface area contributed by atoms with Gasteiger partial charge in [0.25, 0.3) is 5.91 Å². The van der Waals surface area contributed by atoms with E-state index < -0.39 is 5.91 Å². The summed E-state index contributed by atoms with van der Waals surface area (Å²) in [6.45, 7) is 1.31.